The van der Waals surface area contributed by atoms with Crippen LogP contribution in [0.4, 0.5) is 10.1 Å². The Labute approximate surface area is 185 Å². The van der Waals surface area contributed by atoms with E-state index in [2.05, 4.69) is 4.90 Å². The topological polar surface area (TPSA) is 57.0 Å². The molecule has 2 amide bonds. The standard InChI is InChI=1S/C25H24FN3O3/c26-20-4-1-3-19(15-20)18-6-8-21(9-7-18)29-17-22(16-24(29)30)27-10-12-28(13-11-27)25(31)23-5-2-14-32-23/h1-9,14-15,22H,10-13,16-17H2/t22-/m1/s1. The minimum absolute atomic E-state index is 0.0860. The van der Waals surface area contributed by atoms with E-state index >= 15 is 0 Å². The highest BCUT2D eigenvalue weighted by atomic mass is 19.1. The van der Waals surface area contributed by atoms with Crippen molar-refractivity contribution in [1.29, 1.82) is 0 Å². The average molecular weight is 433 g/mol. The lowest BCUT2D eigenvalue weighted by Crippen LogP contribution is -2.52. The molecule has 2 fully saturated rings. The molecule has 1 atom stereocenters. The van der Waals surface area contributed by atoms with Crippen molar-refractivity contribution in [1.82, 2.24) is 9.80 Å². The lowest BCUT2D eigenvalue weighted by molar-refractivity contribution is -0.117. The highest BCUT2D eigenvalue weighted by Gasteiger charge is 2.36. The first-order valence-electron chi connectivity index (χ1n) is 10.8. The molecule has 2 aromatic carbocycles. The van der Waals surface area contributed by atoms with E-state index in [1.807, 2.05) is 35.2 Å². The molecular formula is C25H24FN3O3. The number of furan rings is 1. The molecule has 0 aliphatic carbocycles. The summed E-state index contributed by atoms with van der Waals surface area (Å²) in [6, 6.07) is 17.7. The Morgan fingerprint density at radius 1 is 0.938 bits per heavy atom. The van der Waals surface area contributed by atoms with E-state index < -0.39 is 0 Å². The van der Waals surface area contributed by atoms with E-state index in [1.165, 1.54) is 18.4 Å². The summed E-state index contributed by atoms with van der Waals surface area (Å²) >= 11 is 0. The zero-order valence-corrected chi connectivity index (χ0v) is 17.6. The first-order valence-corrected chi connectivity index (χ1v) is 10.8. The van der Waals surface area contributed by atoms with E-state index in [0.29, 0.717) is 31.8 Å². The molecule has 1 aromatic heterocycles. The normalized spacial score (nSPS) is 19.5. The van der Waals surface area contributed by atoms with Crippen molar-refractivity contribution in [2.45, 2.75) is 12.5 Å². The van der Waals surface area contributed by atoms with Gasteiger partial charge in [-0.05, 0) is 47.5 Å². The maximum Gasteiger partial charge on any atom is 0.289 e. The molecule has 2 aliphatic heterocycles. The molecule has 2 saturated heterocycles. The summed E-state index contributed by atoms with van der Waals surface area (Å²) in [5.74, 6) is 0.109. The van der Waals surface area contributed by atoms with Gasteiger partial charge < -0.3 is 14.2 Å². The molecule has 0 radical (unpaired) electrons. The SMILES string of the molecule is O=C(c1ccco1)N1CCN([C@@H]2CC(=O)N(c3ccc(-c4cccc(F)c4)cc3)C2)CC1. The predicted molar refractivity (Wildman–Crippen MR) is 119 cm³/mol. The molecule has 32 heavy (non-hydrogen) atoms. The van der Waals surface area contributed by atoms with Gasteiger partial charge in [0.2, 0.25) is 5.91 Å². The number of amides is 2. The van der Waals surface area contributed by atoms with Gasteiger partial charge in [0.1, 0.15) is 5.82 Å². The lowest BCUT2D eigenvalue weighted by atomic mass is 10.1. The van der Waals surface area contributed by atoms with Crippen LogP contribution in [0.3, 0.4) is 0 Å². The molecule has 2 aliphatic rings. The molecule has 0 unspecified atom stereocenters. The number of hydrogen-bond acceptors (Lipinski definition) is 4. The fourth-order valence-corrected chi connectivity index (χ4v) is 4.53. The molecule has 0 spiro atoms. The molecule has 6 nitrogen and oxygen atoms in total. The zero-order valence-electron chi connectivity index (χ0n) is 17.6. The van der Waals surface area contributed by atoms with Crippen LogP contribution in [-0.4, -0.2) is 60.4 Å². The van der Waals surface area contributed by atoms with Gasteiger partial charge in [-0.3, -0.25) is 14.5 Å². The van der Waals surface area contributed by atoms with Crippen LogP contribution in [0.1, 0.15) is 17.0 Å². The molecule has 0 bridgehead atoms. The van der Waals surface area contributed by atoms with Crippen molar-refractivity contribution in [2.75, 3.05) is 37.6 Å². The van der Waals surface area contributed by atoms with Gasteiger partial charge >= 0.3 is 0 Å². The highest BCUT2D eigenvalue weighted by molar-refractivity contribution is 5.96. The minimum Gasteiger partial charge on any atom is -0.459 e. The Morgan fingerprint density at radius 2 is 1.72 bits per heavy atom. The van der Waals surface area contributed by atoms with Crippen LogP contribution in [0.15, 0.2) is 71.3 Å². The average Bonchev–Trinajstić information content (AvgIpc) is 3.49. The van der Waals surface area contributed by atoms with Gasteiger partial charge in [0.05, 0.1) is 6.26 Å². The molecule has 7 heteroatoms. The molecule has 3 aromatic rings. The highest BCUT2D eigenvalue weighted by Crippen LogP contribution is 2.28. The summed E-state index contributed by atoms with van der Waals surface area (Å²) in [6.07, 6.45) is 1.98. The summed E-state index contributed by atoms with van der Waals surface area (Å²) in [7, 11) is 0. The fraction of sp³-hybridized carbons (Fsp3) is 0.280. The van der Waals surface area contributed by atoms with Gasteiger partial charge in [-0.1, -0.05) is 24.3 Å². The summed E-state index contributed by atoms with van der Waals surface area (Å²) in [5.41, 5.74) is 2.57. The fourth-order valence-electron chi connectivity index (χ4n) is 4.53. The second-order valence-corrected chi connectivity index (χ2v) is 8.22. The van der Waals surface area contributed by atoms with Gasteiger partial charge in [-0.15, -0.1) is 0 Å². The summed E-state index contributed by atoms with van der Waals surface area (Å²) in [4.78, 5) is 31.1. The lowest BCUT2D eigenvalue weighted by Gasteiger charge is -2.37. The number of nitrogens with zero attached hydrogens (tertiary/aromatic N) is 3. The third kappa shape index (κ3) is 4.03. The van der Waals surface area contributed by atoms with Crippen LogP contribution >= 0.6 is 0 Å². The quantitative estimate of drug-likeness (QED) is 0.630. The number of benzene rings is 2. The number of hydrogen-bond donors (Lipinski definition) is 0. The largest absolute Gasteiger partial charge is 0.459 e. The van der Waals surface area contributed by atoms with E-state index in [9.17, 15) is 14.0 Å². The number of anilines is 1. The van der Waals surface area contributed by atoms with Crippen LogP contribution in [0.25, 0.3) is 11.1 Å². The summed E-state index contributed by atoms with van der Waals surface area (Å²) in [5, 5.41) is 0. The maximum absolute atomic E-state index is 13.5. The minimum atomic E-state index is -0.268. The second kappa shape index (κ2) is 8.59. The summed E-state index contributed by atoms with van der Waals surface area (Å²) in [6.45, 7) is 3.33. The van der Waals surface area contributed by atoms with Crippen molar-refractivity contribution < 1.29 is 18.4 Å². The number of halogens is 1. The molecule has 0 saturated carbocycles. The number of piperazine rings is 1. The first-order chi connectivity index (χ1) is 15.6. The third-order valence-electron chi connectivity index (χ3n) is 6.29. The molecule has 5 rings (SSSR count). The molecule has 0 N–H and O–H groups in total. The first kappa shape index (κ1) is 20.5. The van der Waals surface area contributed by atoms with E-state index in [1.54, 1.807) is 23.1 Å². The molecule has 3 heterocycles. The van der Waals surface area contributed by atoms with Crippen LogP contribution in [0.2, 0.25) is 0 Å². The van der Waals surface area contributed by atoms with Crippen molar-refractivity contribution in [3.05, 3.63) is 78.5 Å². The van der Waals surface area contributed by atoms with Crippen LogP contribution in [-0.2, 0) is 4.79 Å². The van der Waals surface area contributed by atoms with Crippen LogP contribution in [0, 0.1) is 5.82 Å². The van der Waals surface area contributed by atoms with E-state index in [4.69, 9.17) is 4.42 Å². The Morgan fingerprint density at radius 3 is 2.41 bits per heavy atom. The van der Waals surface area contributed by atoms with Crippen molar-refractivity contribution >= 4 is 17.5 Å². The van der Waals surface area contributed by atoms with E-state index in [0.717, 1.165) is 29.9 Å². The van der Waals surface area contributed by atoms with Gasteiger partial charge in [0.25, 0.3) is 5.91 Å². The maximum atomic E-state index is 13.5. The monoisotopic (exact) mass is 433 g/mol. The smallest absolute Gasteiger partial charge is 0.289 e. The Bertz CT molecular complexity index is 1110. The van der Waals surface area contributed by atoms with E-state index in [-0.39, 0.29) is 23.7 Å². The molecular weight excluding hydrogens is 409 g/mol. The Balaban J connectivity index is 1.21. The van der Waals surface area contributed by atoms with Gasteiger partial charge in [-0.2, -0.15) is 0 Å². The van der Waals surface area contributed by atoms with Crippen LogP contribution in [0.5, 0.6) is 0 Å². The van der Waals surface area contributed by atoms with Crippen LogP contribution < -0.4 is 4.90 Å². The zero-order chi connectivity index (χ0) is 22.1. The van der Waals surface area contributed by atoms with Crippen molar-refractivity contribution in [3.8, 4) is 11.1 Å². The van der Waals surface area contributed by atoms with Gasteiger partial charge in [0.15, 0.2) is 5.76 Å². The van der Waals surface area contributed by atoms with Gasteiger partial charge in [0, 0.05) is 50.9 Å². The van der Waals surface area contributed by atoms with Crippen molar-refractivity contribution in [2.24, 2.45) is 0 Å². The predicted octanol–water partition coefficient (Wildman–Crippen LogP) is 3.65. The summed E-state index contributed by atoms with van der Waals surface area (Å²) < 4.78 is 18.7. The third-order valence-corrected chi connectivity index (χ3v) is 6.29. The van der Waals surface area contributed by atoms with Crippen molar-refractivity contribution in [3.63, 3.8) is 0 Å². The van der Waals surface area contributed by atoms with Gasteiger partial charge in [-0.25, -0.2) is 4.39 Å². The number of carbonyl (C=O) groups is 2. The number of carbonyl (C=O) groups excluding carboxylic acids is 2. The Hall–Kier alpha value is -3.45. The number of rotatable bonds is 4. The Kier molecular flexibility index (Phi) is 5.49. The molecule has 164 valence electrons. The second-order valence-electron chi connectivity index (χ2n) is 8.22.